The van der Waals surface area contributed by atoms with Crippen LogP contribution in [-0.2, 0) is 14.3 Å². The number of ether oxygens (including phenoxy) is 1. The van der Waals surface area contributed by atoms with Crippen LogP contribution in [0, 0.1) is 11.6 Å². The Kier molecular flexibility index (Phi) is 5.65. The molecular formula is C16H16F2N2O3S2. The van der Waals surface area contributed by atoms with Gasteiger partial charge in [0.05, 0.1) is 23.1 Å². The molecule has 0 radical (unpaired) electrons. The van der Waals surface area contributed by atoms with Crippen LogP contribution < -0.4 is 4.90 Å². The van der Waals surface area contributed by atoms with Crippen LogP contribution >= 0.6 is 23.1 Å². The number of fused-ring (bicyclic) bond motifs is 1. The van der Waals surface area contributed by atoms with E-state index in [0.29, 0.717) is 11.3 Å². The topological polar surface area (TPSA) is 59.5 Å². The first kappa shape index (κ1) is 18.2. The van der Waals surface area contributed by atoms with Crippen molar-refractivity contribution in [3.63, 3.8) is 0 Å². The Hall–Kier alpha value is -1.58. The van der Waals surface area contributed by atoms with Crippen molar-refractivity contribution >= 4 is 49.5 Å². The lowest BCUT2D eigenvalue weighted by Gasteiger charge is -2.22. The van der Waals surface area contributed by atoms with Gasteiger partial charge in [-0.05, 0) is 18.9 Å². The average molecular weight is 386 g/mol. The zero-order valence-electron chi connectivity index (χ0n) is 13.5. The fourth-order valence-corrected chi connectivity index (χ4v) is 4.09. The summed E-state index contributed by atoms with van der Waals surface area (Å²) in [4.78, 5) is 29.3. The van der Waals surface area contributed by atoms with Crippen molar-refractivity contribution in [3.8, 4) is 0 Å². The fourth-order valence-electron chi connectivity index (χ4n) is 2.58. The van der Waals surface area contributed by atoms with E-state index >= 15 is 0 Å². The predicted molar refractivity (Wildman–Crippen MR) is 94.0 cm³/mol. The molecule has 1 atom stereocenters. The second-order valence-electron chi connectivity index (χ2n) is 5.65. The number of thiazole rings is 1. The lowest BCUT2D eigenvalue weighted by atomic mass is 10.2. The highest BCUT2D eigenvalue weighted by atomic mass is 32.2. The van der Waals surface area contributed by atoms with Crippen LogP contribution in [0.3, 0.4) is 0 Å². The summed E-state index contributed by atoms with van der Waals surface area (Å²) in [5.41, 5.74) is 0.0331. The molecule has 2 heterocycles. The molecule has 0 spiro atoms. The molecule has 0 saturated carbocycles. The molecule has 2 aromatic rings. The van der Waals surface area contributed by atoms with Crippen molar-refractivity contribution < 1.29 is 23.1 Å². The lowest BCUT2D eigenvalue weighted by molar-refractivity contribution is -0.117. The molecule has 1 fully saturated rings. The molecule has 1 saturated heterocycles. The molecule has 9 heteroatoms. The Balaban J connectivity index is 1.90. The molecule has 1 unspecified atom stereocenters. The van der Waals surface area contributed by atoms with E-state index < -0.39 is 11.6 Å². The molecule has 0 aliphatic carbocycles. The third kappa shape index (κ3) is 4.34. The minimum absolute atomic E-state index is 0.0329. The van der Waals surface area contributed by atoms with Gasteiger partial charge in [0, 0.05) is 19.6 Å². The normalized spacial score (nSPS) is 17.2. The summed E-state index contributed by atoms with van der Waals surface area (Å²) < 4.78 is 33.2. The van der Waals surface area contributed by atoms with Gasteiger partial charge in [0.25, 0.3) is 0 Å². The van der Waals surface area contributed by atoms with E-state index in [9.17, 15) is 18.4 Å². The molecule has 1 amide bonds. The fraction of sp³-hybridized carbons (Fsp3) is 0.438. The molecule has 1 aliphatic rings. The Morgan fingerprint density at radius 2 is 2.24 bits per heavy atom. The van der Waals surface area contributed by atoms with Gasteiger partial charge < -0.3 is 4.74 Å². The molecule has 1 aromatic heterocycles. The Bertz CT molecular complexity index is 806. The number of aromatic nitrogens is 1. The molecule has 0 N–H and O–H groups in total. The number of amides is 1. The molecule has 0 bridgehead atoms. The third-order valence-corrected chi connectivity index (χ3v) is 5.57. The quantitative estimate of drug-likeness (QED) is 0.789. The summed E-state index contributed by atoms with van der Waals surface area (Å²) in [6.07, 6.45) is 1.60. The van der Waals surface area contributed by atoms with Crippen molar-refractivity contribution in [1.29, 1.82) is 0 Å². The number of carbonyl (C=O) groups excluding carboxylic acids is 2. The van der Waals surface area contributed by atoms with Crippen LogP contribution in [0.15, 0.2) is 12.1 Å². The van der Waals surface area contributed by atoms with Crippen molar-refractivity contribution in [1.82, 2.24) is 4.98 Å². The van der Waals surface area contributed by atoms with E-state index in [4.69, 9.17) is 4.74 Å². The number of thioether (sulfide) groups is 1. The molecule has 3 rings (SSSR count). The Morgan fingerprint density at radius 1 is 1.44 bits per heavy atom. The largest absolute Gasteiger partial charge is 0.376 e. The SMILES string of the molecule is CC(=O)SCC(=O)N(CC1CCCO1)c1nc2c(F)cc(F)cc2s1. The third-order valence-electron chi connectivity index (χ3n) is 3.74. The number of hydrogen-bond acceptors (Lipinski definition) is 6. The van der Waals surface area contributed by atoms with Gasteiger partial charge in [0.1, 0.15) is 11.3 Å². The maximum absolute atomic E-state index is 13.9. The van der Waals surface area contributed by atoms with Gasteiger partial charge in [-0.25, -0.2) is 13.8 Å². The first-order valence-corrected chi connectivity index (χ1v) is 9.55. The van der Waals surface area contributed by atoms with Crippen LogP contribution in [-0.4, -0.2) is 41.0 Å². The van der Waals surface area contributed by atoms with Gasteiger partial charge in [-0.3, -0.25) is 14.5 Å². The second kappa shape index (κ2) is 7.76. The van der Waals surface area contributed by atoms with E-state index in [1.807, 2.05) is 0 Å². The van der Waals surface area contributed by atoms with Crippen LogP contribution in [0.25, 0.3) is 10.2 Å². The van der Waals surface area contributed by atoms with Gasteiger partial charge in [-0.15, -0.1) is 0 Å². The van der Waals surface area contributed by atoms with Gasteiger partial charge >= 0.3 is 0 Å². The van der Waals surface area contributed by atoms with Gasteiger partial charge in [0.15, 0.2) is 16.1 Å². The maximum Gasteiger partial charge on any atom is 0.239 e. The standard InChI is InChI=1S/C16H16F2N2O3S2/c1-9(21)24-8-14(22)20(7-11-3-2-4-23-11)16-19-15-12(18)5-10(17)6-13(15)25-16/h5-6,11H,2-4,7-8H2,1H3. The second-order valence-corrected chi connectivity index (χ2v) is 7.81. The zero-order chi connectivity index (χ0) is 18.0. The summed E-state index contributed by atoms with van der Waals surface area (Å²) >= 11 is 1.95. The van der Waals surface area contributed by atoms with E-state index in [2.05, 4.69) is 4.98 Å². The zero-order valence-corrected chi connectivity index (χ0v) is 15.1. The molecule has 5 nitrogen and oxygen atoms in total. The van der Waals surface area contributed by atoms with E-state index in [-0.39, 0.29) is 40.1 Å². The minimum Gasteiger partial charge on any atom is -0.376 e. The maximum atomic E-state index is 13.9. The van der Waals surface area contributed by atoms with Crippen molar-refractivity contribution in [2.24, 2.45) is 0 Å². The van der Waals surface area contributed by atoms with E-state index in [1.54, 1.807) is 0 Å². The van der Waals surface area contributed by atoms with Crippen molar-refractivity contribution in [2.75, 3.05) is 23.8 Å². The Morgan fingerprint density at radius 3 is 2.92 bits per heavy atom. The van der Waals surface area contributed by atoms with Crippen molar-refractivity contribution in [2.45, 2.75) is 25.9 Å². The number of anilines is 1. The highest BCUT2D eigenvalue weighted by molar-refractivity contribution is 8.14. The predicted octanol–water partition coefficient (Wildman–Crippen LogP) is 3.37. The van der Waals surface area contributed by atoms with Crippen molar-refractivity contribution in [3.05, 3.63) is 23.8 Å². The number of benzene rings is 1. The molecular weight excluding hydrogens is 370 g/mol. The number of carbonyl (C=O) groups is 2. The van der Waals surface area contributed by atoms with Crippen LogP contribution in [0.2, 0.25) is 0 Å². The molecule has 25 heavy (non-hydrogen) atoms. The Labute approximate surface area is 151 Å². The summed E-state index contributed by atoms with van der Waals surface area (Å²) in [6.45, 7) is 2.30. The summed E-state index contributed by atoms with van der Waals surface area (Å²) in [5.74, 6) is -1.80. The number of halogens is 2. The summed E-state index contributed by atoms with van der Waals surface area (Å²) in [7, 11) is 0. The van der Waals surface area contributed by atoms with Gasteiger partial charge in [0.2, 0.25) is 5.91 Å². The smallest absolute Gasteiger partial charge is 0.239 e. The highest BCUT2D eigenvalue weighted by Gasteiger charge is 2.27. The van der Waals surface area contributed by atoms with Crippen LogP contribution in [0.1, 0.15) is 19.8 Å². The first-order chi connectivity index (χ1) is 11.9. The molecule has 1 aliphatic heterocycles. The highest BCUT2D eigenvalue weighted by Crippen LogP contribution is 2.32. The van der Waals surface area contributed by atoms with Crippen LogP contribution in [0.5, 0.6) is 0 Å². The molecule has 134 valence electrons. The average Bonchev–Trinajstić information content (AvgIpc) is 3.19. The molecule has 1 aromatic carbocycles. The van der Waals surface area contributed by atoms with Gasteiger partial charge in [-0.2, -0.15) is 0 Å². The summed E-state index contributed by atoms with van der Waals surface area (Å²) in [5, 5.41) is 0.118. The summed E-state index contributed by atoms with van der Waals surface area (Å²) in [6, 6.07) is 1.96. The monoisotopic (exact) mass is 386 g/mol. The van der Waals surface area contributed by atoms with E-state index in [0.717, 1.165) is 42.0 Å². The van der Waals surface area contributed by atoms with Gasteiger partial charge in [-0.1, -0.05) is 23.1 Å². The van der Waals surface area contributed by atoms with Crippen LogP contribution in [0.4, 0.5) is 13.9 Å². The number of rotatable bonds is 5. The number of hydrogen-bond donors (Lipinski definition) is 0. The minimum atomic E-state index is -0.764. The first-order valence-electron chi connectivity index (χ1n) is 7.75. The lowest BCUT2D eigenvalue weighted by Crippen LogP contribution is -2.38. The van der Waals surface area contributed by atoms with E-state index in [1.165, 1.54) is 17.9 Å². The number of nitrogens with zero attached hydrogens (tertiary/aromatic N) is 2.